The first-order valence-corrected chi connectivity index (χ1v) is 9.17. The van der Waals surface area contributed by atoms with Crippen LogP contribution in [0.3, 0.4) is 0 Å². The second-order valence-electron chi connectivity index (χ2n) is 6.38. The minimum absolute atomic E-state index is 0.0492. The third kappa shape index (κ3) is 4.50. The summed E-state index contributed by atoms with van der Waals surface area (Å²) in [5.74, 6) is -0.102. The molecule has 134 valence electrons. The molecule has 1 aliphatic heterocycles. The number of carbonyl (C=O) groups is 1. The van der Waals surface area contributed by atoms with Gasteiger partial charge in [-0.15, -0.1) is 0 Å². The summed E-state index contributed by atoms with van der Waals surface area (Å²) in [6, 6.07) is 14.7. The number of hydrogen-bond acceptors (Lipinski definition) is 2. The summed E-state index contributed by atoms with van der Waals surface area (Å²) < 4.78 is 0. The lowest BCUT2D eigenvalue weighted by Crippen LogP contribution is -2.48. The first-order valence-electron chi connectivity index (χ1n) is 8.42. The van der Waals surface area contributed by atoms with Gasteiger partial charge in [-0.3, -0.25) is 4.79 Å². The number of hydrogen-bond donors (Lipinski definition) is 0. The van der Waals surface area contributed by atoms with Gasteiger partial charge in [-0.2, -0.15) is 0 Å². The minimum atomic E-state index is -0.102. The van der Waals surface area contributed by atoms with Gasteiger partial charge in [0.15, 0.2) is 0 Å². The van der Waals surface area contributed by atoms with Crippen LogP contribution in [0.15, 0.2) is 53.6 Å². The molecule has 0 saturated carbocycles. The molecule has 26 heavy (non-hydrogen) atoms. The molecular weight excluding hydrogens is 371 g/mol. The van der Waals surface area contributed by atoms with Gasteiger partial charge >= 0.3 is 0 Å². The number of azide groups is 1. The van der Waals surface area contributed by atoms with Crippen LogP contribution < -0.4 is 0 Å². The maximum absolute atomic E-state index is 13.1. The van der Waals surface area contributed by atoms with E-state index in [9.17, 15) is 4.79 Å². The Morgan fingerprint density at radius 2 is 1.88 bits per heavy atom. The highest BCUT2D eigenvalue weighted by Gasteiger charge is 2.32. The predicted molar refractivity (Wildman–Crippen MR) is 104 cm³/mol. The maximum atomic E-state index is 13.1. The number of halogens is 2. The van der Waals surface area contributed by atoms with Crippen molar-refractivity contribution in [3.05, 3.63) is 80.1 Å². The highest BCUT2D eigenvalue weighted by molar-refractivity contribution is 6.35. The largest absolute Gasteiger partial charge is 0.335 e. The van der Waals surface area contributed by atoms with E-state index in [4.69, 9.17) is 28.7 Å². The number of benzene rings is 2. The molecule has 3 rings (SSSR count). The summed E-state index contributed by atoms with van der Waals surface area (Å²) >= 11 is 12.1. The first kappa shape index (κ1) is 18.6. The smallest absolute Gasteiger partial charge is 0.254 e. The van der Waals surface area contributed by atoms with Crippen molar-refractivity contribution in [2.45, 2.75) is 31.3 Å². The summed E-state index contributed by atoms with van der Waals surface area (Å²) in [6.07, 6.45) is 1.99. The second-order valence-corrected chi connectivity index (χ2v) is 7.26. The molecule has 2 aromatic rings. The summed E-state index contributed by atoms with van der Waals surface area (Å²) in [4.78, 5) is 17.9. The average Bonchev–Trinajstić information content (AvgIpc) is 2.62. The summed E-state index contributed by atoms with van der Waals surface area (Å²) in [5.41, 5.74) is 10.4. The molecule has 0 radical (unpaired) electrons. The molecular formula is C19H18Cl2N4O. The van der Waals surface area contributed by atoms with Gasteiger partial charge in [0.05, 0.1) is 0 Å². The molecule has 2 atom stereocenters. The molecule has 1 fully saturated rings. The monoisotopic (exact) mass is 388 g/mol. The molecule has 0 aromatic heterocycles. The zero-order valence-electron chi connectivity index (χ0n) is 14.1. The molecule has 1 amide bonds. The number of piperidine rings is 1. The van der Waals surface area contributed by atoms with Crippen LogP contribution in [0.25, 0.3) is 10.4 Å². The fourth-order valence-corrected chi connectivity index (χ4v) is 3.92. The van der Waals surface area contributed by atoms with Crippen LogP contribution in [0.5, 0.6) is 0 Å². The van der Waals surface area contributed by atoms with E-state index < -0.39 is 0 Å². The van der Waals surface area contributed by atoms with Crippen LogP contribution >= 0.6 is 23.2 Å². The number of nitrogens with zero attached hydrogens (tertiary/aromatic N) is 4. The normalized spacial score (nSPS) is 19.7. The van der Waals surface area contributed by atoms with E-state index >= 15 is 0 Å². The van der Waals surface area contributed by atoms with Gasteiger partial charge in [-0.05, 0) is 48.6 Å². The van der Waals surface area contributed by atoms with Crippen LogP contribution in [-0.2, 0) is 6.42 Å². The number of carbonyl (C=O) groups excluding carboxylic acids is 1. The number of rotatable bonds is 4. The number of amides is 1. The highest BCUT2D eigenvalue weighted by atomic mass is 35.5. The van der Waals surface area contributed by atoms with Gasteiger partial charge in [-0.1, -0.05) is 58.6 Å². The van der Waals surface area contributed by atoms with E-state index in [-0.39, 0.29) is 18.0 Å². The second kappa shape index (κ2) is 8.45. The van der Waals surface area contributed by atoms with E-state index in [2.05, 4.69) is 10.0 Å². The lowest BCUT2D eigenvalue weighted by molar-refractivity contribution is 0.0595. The van der Waals surface area contributed by atoms with Crippen LogP contribution in [0, 0.1) is 0 Å². The van der Waals surface area contributed by atoms with Gasteiger partial charge in [0.1, 0.15) is 0 Å². The van der Waals surface area contributed by atoms with Crippen LogP contribution in [-0.4, -0.2) is 29.4 Å². The highest BCUT2D eigenvalue weighted by Crippen LogP contribution is 2.27. The topological polar surface area (TPSA) is 69.1 Å². The molecule has 1 heterocycles. The Kier molecular flexibility index (Phi) is 6.04. The molecule has 0 N–H and O–H groups in total. The van der Waals surface area contributed by atoms with Crippen molar-refractivity contribution in [3.63, 3.8) is 0 Å². The Morgan fingerprint density at radius 3 is 2.54 bits per heavy atom. The Balaban J connectivity index is 1.86. The van der Waals surface area contributed by atoms with Crippen molar-refractivity contribution in [1.82, 2.24) is 4.90 Å². The lowest BCUT2D eigenvalue weighted by Gasteiger charge is -2.38. The summed E-state index contributed by atoms with van der Waals surface area (Å²) in [7, 11) is 0. The van der Waals surface area contributed by atoms with E-state index in [0.29, 0.717) is 41.4 Å². The van der Waals surface area contributed by atoms with Crippen LogP contribution in [0.2, 0.25) is 10.0 Å². The molecule has 0 unspecified atom stereocenters. The zero-order valence-corrected chi connectivity index (χ0v) is 15.6. The summed E-state index contributed by atoms with van der Waals surface area (Å²) in [5, 5.41) is 4.74. The van der Waals surface area contributed by atoms with Crippen molar-refractivity contribution in [2.75, 3.05) is 6.54 Å². The van der Waals surface area contributed by atoms with E-state index in [0.717, 1.165) is 5.56 Å². The molecule has 0 bridgehead atoms. The molecule has 7 heteroatoms. The van der Waals surface area contributed by atoms with Gasteiger partial charge in [0, 0.05) is 39.1 Å². The quantitative estimate of drug-likeness (QED) is 0.386. The molecule has 5 nitrogen and oxygen atoms in total. The third-order valence-corrected chi connectivity index (χ3v) is 5.02. The van der Waals surface area contributed by atoms with Crippen LogP contribution in [0.1, 0.15) is 28.8 Å². The van der Waals surface area contributed by atoms with Crippen molar-refractivity contribution in [2.24, 2.45) is 5.11 Å². The van der Waals surface area contributed by atoms with E-state index in [1.165, 1.54) is 0 Å². The number of likely N-dealkylation sites (tertiary alicyclic amines) is 1. The zero-order chi connectivity index (χ0) is 18.5. The maximum Gasteiger partial charge on any atom is 0.254 e. The van der Waals surface area contributed by atoms with Crippen molar-refractivity contribution >= 4 is 29.1 Å². The molecule has 0 spiro atoms. The fraction of sp³-hybridized carbons (Fsp3) is 0.316. The van der Waals surface area contributed by atoms with Gasteiger partial charge in [0.25, 0.3) is 5.91 Å². The lowest BCUT2D eigenvalue weighted by atomic mass is 9.92. The van der Waals surface area contributed by atoms with Gasteiger partial charge < -0.3 is 4.90 Å². The van der Waals surface area contributed by atoms with E-state index in [1.807, 2.05) is 35.2 Å². The van der Waals surface area contributed by atoms with E-state index in [1.54, 1.807) is 18.2 Å². The van der Waals surface area contributed by atoms with Crippen molar-refractivity contribution < 1.29 is 4.79 Å². The predicted octanol–water partition coefficient (Wildman–Crippen LogP) is 5.52. The minimum Gasteiger partial charge on any atom is -0.335 e. The molecule has 1 saturated heterocycles. The van der Waals surface area contributed by atoms with Crippen molar-refractivity contribution in [1.29, 1.82) is 0 Å². The first-order chi connectivity index (χ1) is 12.6. The Hall–Kier alpha value is -2.20. The summed E-state index contributed by atoms with van der Waals surface area (Å²) in [6.45, 7) is 0.532. The van der Waals surface area contributed by atoms with Crippen molar-refractivity contribution in [3.8, 4) is 0 Å². The molecule has 2 aromatic carbocycles. The Morgan fingerprint density at radius 1 is 1.19 bits per heavy atom. The van der Waals surface area contributed by atoms with Crippen LogP contribution in [0.4, 0.5) is 0 Å². The Bertz CT molecular complexity index is 816. The Labute approximate surface area is 162 Å². The van der Waals surface area contributed by atoms with Gasteiger partial charge in [0.2, 0.25) is 0 Å². The fourth-order valence-electron chi connectivity index (χ4n) is 3.40. The average molecular weight is 389 g/mol. The standard InChI is InChI=1S/C19H18Cl2N4O/c20-15-9-14(10-16(21)11-15)19(26)25-7-6-17(23-24-22)12-18(25)8-13-4-2-1-3-5-13/h1-5,9-11,17-18H,6-8,12H2/t17-,18+/m0/s1. The molecule has 1 aliphatic rings. The SMILES string of the molecule is [N-]=[N+]=N[C@H]1CCN(C(=O)c2cc(Cl)cc(Cl)c2)[C@H](Cc2ccccc2)C1. The third-order valence-electron chi connectivity index (χ3n) is 4.59. The molecule has 0 aliphatic carbocycles. The van der Waals surface area contributed by atoms with Gasteiger partial charge in [-0.25, -0.2) is 0 Å².